The third-order valence-electron chi connectivity index (χ3n) is 1.85. The maximum Gasteiger partial charge on any atom is 0.384 e. The van der Waals surface area contributed by atoms with Crippen LogP contribution in [-0.4, -0.2) is 18.8 Å². The molecule has 13 heavy (non-hydrogen) atoms. The summed E-state index contributed by atoms with van der Waals surface area (Å²) in [6.07, 6.45) is 0. The molecule has 1 aromatic carbocycles. The van der Waals surface area contributed by atoms with Crippen LogP contribution in [0, 0.1) is 6.92 Å². The zero-order valence-corrected chi connectivity index (χ0v) is 8.84. The largest absolute Gasteiger partial charge is 0.423 e. The van der Waals surface area contributed by atoms with E-state index in [9.17, 15) is 0 Å². The fraction of sp³-hybridized carbons (Fsp3) is 0.333. The number of hydrogen-bond donors (Lipinski definition) is 0. The van der Waals surface area contributed by atoms with Gasteiger partial charge in [-0.15, -0.1) is 0 Å². The summed E-state index contributed by atoms with van der Waals surface area (Å²) in [6.45, 7) is 2.02. The van der Waals surface area contributed by atoms with Gasteiger partial charge < -0.3 is 9.05 Å². The lowest BCUT2D eigenvalue weighted by atomic mass is 10.2. The highest BCUT2D eigenvalue weighted by Crippen LogP contribution is 2.54. The first-order valence-electron chi connectivity index (χ1n) is 4.11. The number of hydrogen-bond acceptors (Lipinski definition) is 3. The molecule has 2 rings (SSSR count). The van der Waals surface area contributed by atoms with Gasteiger partial charge in [0.1, 0.15) is 0 Å². The molecule has 0 aromatic heterocycles. The molecule has 0 N–H and O–H groups in total. The summed E-state index contributed by atoms with van der Waals surface area (Å²) in [4.78, 5) is 0. The van der Waals surface area contributed by atoms with Crippen molar-refractivity contribution >= 4 is 8.53 Å². The first-order chi connectivity index (χ1) is 6.18. The Hall–Kier alpha value is -0.790. The maximum absolute atomic E-state index is 5.67. The molecule has 1 unspecified atom stereocenters. The average Bonchev–Trinajstić information content (AvgIpc) is 2.49. The molecule has 0 fully saturated rings. The molecule has 1 aliphatic heterocycles. The quantitative estimate of drug-likeness (QED) is 0.646. The predicted molar refractivity (Wildman–Crippen MR) is 53.0 cm³/mol. The number of aryl methyl sites for hydroxylation is 1. The lowest BCUT2D eigenvalue weighted by Crippen LogP contribution is -2.08. The Balaban J connectivity index is 2.30. The molecule has 4 heteroatoms. The van der Waals surface area contributed by atoms with Crippen LogP contribution in [0.4, 0.5) is 0 Å². The van der Waals surface area contributed by atoms with E-state index >= 15 is 0 Å². The van der Waals surface area contributed by atoms with Gasteiger partial charge in [-0.3, -0.25) is 0 Å². The van der Waals surface area contributed by atoms with Crippen LogP contribution in [-0.2, 0) is 0 Å². The normalized spacial score (nSPS) is 19.5. The molecule has 0 saturated heterocycles. The van der Waals surface area contributed by atoms with Crippen molar-refractivity contribution in [3.8, 4) is 11.5 Å². The van der Waals surface area contributed by atoms with Crippen LogP contribution in [0.1, 0.15) is 5.56 Å². The maximum atomic E-state index is 5.67. The van der Waals surface area contributed by atoms with Gasteiger partial charge in [0, 0.05) is 0 Å². The van der Waals surface area contributed by atoms with E-state index in [0.717, 1.165) is 17.1 Å². The molecule has 70 valence electrons. The monoisotopic (exact) mass is 197 g/mol. The number of nitrogens with zero attached hydrogens (tertiary/aromatic N) is 1. The van der Waals surface area contributed by atoms with Crippen molar-refractivity contribution in [3.63, 3.8) is 0 Å². The SMILES string of the molecule is Cc1cccc2c1OP(N(C)C)O2. The molecule has 0 saturated carbocycles. The third-order valence-corrected chi connectivity index (χ3v) is 3.19. The lowest BCUT2D eigenvalue weighted by molar-refractivity contribution is 0.474. The van der Waals surface area contributed by atoms with Crippen molar-refractivity contribution in [1.82, 2.24) is 4.67 Å². The van der Waals surface area contributed by atoms with Gasteiger partial charge in [-0.25, -0.2) is 4.67 Å². The van der Waals surface area contributed by atoms with Crippen molar-refractivity contribution in [1.29, 1.82) is 0 Å². The van der Waals surface area contributed by atoms with E-state index in [2.05, 4.69) is 0 Å². The van der Waals surface area contributed by atoms with Crippen LogP contribution in [0.3, 0.4) is 0 Å². The van der Waals surface area contributed by atoms with Gasteiger partial charge >= 0.3 is 8.53 Å². The van der Waals surface area contributed by atoms with E-state index in [4.69, 9.17) is 9.05 Å². The zero-order valence-electron chi connectivity index (χ0n) is 7.94. The summed E-state index contributed by atoms with van der Waals surface area (Å²) in [7, 11) is 2.99. The van der Waals surface area contributed by atoms with Crippen LogP contribution in [0.5, 0.6) is 11.5 Å². The minimum Gasteiger partial charge on any atom is -0.423 e. The molecule has 1 atom stereocenters. The molecular formula is C9H12NO2P. The first-order valence-corrected chi connectivity index (χ1v) is 5.24. The summed E-state index contributed by atoms with van der Waals surface area (Å²) >= 11 is 0. The molecule has 1 heterocycles. The molecule has 0 radical (unpaired) electrons. The number of fused-ring (bicyclic) bond motifs is 1. The molecule has 0 bridgehead atoms. The fourth-order valence-electron chi connectivity index (χ4n) is 1.16. The van der Waals surface area contributed by atoms with Crippen LogP contribution < -0.4 is 9.05 Å². The minimum atomic E-state index is -0.914. The highest BCUT2D eigenvalue weighted by atomic mass is 31.2. The van der Waals surface area contributed by atoms with Crippen LogP contribution in [0.15, 0.2) is 18.2 Å². The van der Waals surface area contributed by atoms with E-state index in [0.29, 0.717) is 0 Å². The zero-order chi connectivity index (χ0) is 9.42. The van der Waals surface area contributed by atoms with E-state index < -0.39 is 8.53 Å². The van der Waals surface area contributed by atoms with Gasteiger partial charge in [-0.05, 0) is 32.6 Å². The van der Waals surface area contributed by atoms with Gasteiger partial charge in [0.25, 0.3) is 0 Å². The van der Waals surface area contributed by atoms with Crippen LogP contribution in [0.2, 0.25) is 0 Å². The molecule has 0 amide bonds. The van der Waals surface area contributed by atoms with Crippen molar-refractivity contribution in [2.24, 2.45) is 0 Å². The molecule has 0 spiro atoms. The fourth-order valence-corrected chi connectivity index (χ4v) is 2.22. The Labute approximate surface area is 79.2 Å². The number of benzene rings is 1. The van der Waals surface area contributed by atoms with E-state index in [1.165, 1.54) is 0 Å². The van der Waals surface area contributed by atoms with E-state index in [-0.39, 0.29) is 0 Å². The Morgan fingerprint density at radius 2 is 2.00 bits per heavy atom. The third kappa shape index (κ3) is 1.50. The van der Waals surface area contributed by atoms with Gasteiger partial charge in [0.2, 0.25) is 0 Å². The lowest BCUT2D eigenvalue weighted by Gasteiger charge is -2.13. The molecule has 1 aromatic rings. The average molecular weight is 197 g/mol. The standard InChI is InChI=1S/C9H12NO2P/c1-7-5-4-6-8-9(7)12-13(11-8)10(2)3/h4-6H,1-3H3. The Bertz CT molecular complexity index is 327. The Morgan fingerprint density at radius 3 is 2.62 bits per heavy atom. The smallest absolute Gasteiger partial charge is 0.384 e. The molecule has 1 aliphatic rings. The topological polar surface area (TPSA) is 21.7 Å². The van der Waals surface area contributed by atoms with Gasteiger partial charge in [0.05, 0.1) is 0 Å². The summed E-state index contributed by atoms with van der Waals surface area (Å²) in [5.74, 6) is 1.75. The van der Waals surface area contributed by atoms with Gasteiger partial charge in [0.15, 0.2) is 11.5 Å². The number of rotatable bonds is 1. The first kappa shape index (κ1) is 8.79. The van der Waals surface area contributed by atoms with Crippen LogP contribution >= 0.6 is 8.53 Å². The van der Waals surface area contributed by atoms with Gasteiger partial charge in [-0.2, -0.15) is 0 Å². The summed E-state index contributed by atoms with van der Waals surface area (Å²) < 4.78 is 13.2. The van der Waals surface area contributed by atoms with Crippen molar-refractivity contribution in [2.75, 3.05) is 14.1 Å². The van der Waals surface area contributed by atoms with E-state index in [1.807, 2.05) is 43.9 Å². The highest BCUT2D eigenvalue weighted by molar-refractivity contribution is 7.45. The summed E-state index contributed by atoms with van der Waals surface area (Å²) in [6, 6.07) is 5.94. The second kappa shape index (κ2) is 3.17. The summed E-state index contributed by atoms with van der Waals surface area (Å²) in [5, 5.41) is 0. The molecular weight excluding hydrogens is 185 g/mol. The second-order valence-corrected chi connectivity index (χ2v) is 4.81. The van der Waals surface area contributed by atoms with Gasteiger partial charge in [-0.1, -0.05) is 12.1 Å². The molecule has 3 nitrogen and oxygen atoms in total. The Kier molecular flexibility index (Phi) is 2.14. The van der Waals surface area contributed by atoms with Crippen molar-refractivity contribution < 1.29 is 9.05 Å². The second-order valence-electron chi connectivity index (χ2n) is 3.17. The minimum absolute atomic E-state index is 0.861. The molecule has 0 aliphatic carbocycles. The van der Waals surface area contributed by atoms with Crippen molar-refractivity contribution in [2.45, 2.75) is 6.92 Å². The Morgan fingerprint density at radius 1 is 1.23 bits per heavy atom. The van der Waals surface area contributed by atoms with Crippen LogP contribution in [0.25, 0.3) is 0 Å². The van der Waals surface area contributed by atoms with E-state index in [1.54, 1.807) is 0 Å². The number of para-hydroxylation sites is 1. The van der Waals surface area contributed by atoms with Crippen molar-refractivity contribution in [3.05, 3.63) is 23.8 Å². The highest BCUT2D eigenvalue weighted by Gasteiger charge is 2.29. The summed E-state index contributed by atoms with van der Waals surface area (Å²) in [5.41, 5.74) is 1.13. The predicted octanol–water partition coefficient (Wildman–Crippen LogP) is 2.55.